The molecule has 0 bridgehead atoms. The van der Waals surface area contributed by atoms with Crippen LogP contribution >= 0.6 is 0 Å². The van der Waals surface area contributed by atoms with Crippen LogP contribution in [0.15, 0.2) is 0 Å². The Labute approximate surface area is 70.9 Å². The maximum Gasteiger partial charge on any atom is 0.153 e. The second-order valence-electron chi connectivity index (χ2n) is 3.02. The van der Waals surface area contributed by atoms with Gasteiger partial charge in [-0.3, -0.25) is 0 Å². The molecule has 6 heteroatoms. The summed E-state index contributed by atoms with van der Waals surface area (Å²) in [6.07, 6.45) is -1.45. The summed E-state index contributed by atoms with van der Waals surface area (Å²) in [5, 5.41) is 34.5. The molecule has 1 saturated heterocycles. The number of ether oxygens (including phenoxy) is 1. The summed E-state index contributed by atoms with van der Waals surface area (Å²) in [4.78, 5) is 0. The zero-order valence-electron chi connectivity index (χ0n) is 6.77. The first kappa shape index (κ1) is 9.66. The Bertz CT molecular complexity index is 190. The van der Waals surface area contributed by atoms with Gasteiger partial charge < -0.3 is 25.5 Å². The summed E-state index contributed by atoms with van der Waals surface area (Å²) >= 11 is 0. The van der Waals surface area contributed by atoms with Crippen molar-refractivity contribution in [1.82, 2.24) is 0 Å². The summed E-state index contributed by atoms with van der Waals surface area (Å²) in [7, 11) is 1.58. The molecule has 1 aliphatic heterocycles. The molecule has 1 aliphatic rings. The second kappa shape index (κ2) is 3.14. The summed E-state index contributed by atoms with van der Waals surface area (Å²) < 4.78 is 5.08. The Hall–Kier alpha value is -0.425. The molecule has 0 unspecified atom stereocenters. The van der Waals surface area contributed by atoms with Gasteiger partial charge >= 0.3 is 0 Å². The predicted octanol–water partition coefficient (Wildman–Crippen LogP) is -2.92. The quantitative estimate of drug-likeness (QED) is 0.266. The molecule has 1 fully saturated rings. The highest BCUT2D eigenvalue weighted by atomic mass is 16.6. The lowest BCUT2D eigenvalue weighted by Gasteiger charge is -2.24. The molecule has 68 valence electrons. The van der Waals surface area contributed by atoms with E-state index in [2.05, 4.69) is 0 Å². The van der Waals surface area contributed by atoms with Crippen LogP contribution in [0.5, 0.6) is 0 Å². The molecule has 0 aromatic heterocycles. The number of rotatable bonds is 2. The summed E-state index contributed by atoms with van der Waals surface area (Å²) in [6.45, 7) is -0.501. The van der Waals surface area contributed by atoms with Crippen LogP contribution in [-0.2, 0) is 4.74 Å². The van der Waals surface area contributed by atoms with Gasteiger partial charge in [-0.1, -0.05) is 0 Å². The molecule has 0 saturated carbocycles. The lowest BCUT2D eigenvalue weighted by Crippen LogP contribution is -2.47. The molecule has 0 spiro atoms. The summed E-state index contributed by atoms with van der Waals surface area (Å²) in [5.74, 6) is 0. The SMILES string of the molecule is B[C@@H]1O[C@](C=N)(CO)[C@@H](O)[C@H]1O. The third-order valence-corrected chi connectivity index (χ3v) is 2.20. The highest BCUT2D eigenvalue weighted by molar-refractivity contribution is 6.12. The van der Waals surface area contributed by atoms with E-state index >= 15 is 0 Å². The molecule has 1 rings (SSSR count). The normalized spacial score (nSPS) is 47.8. The Morgan fingerprint density at radius 1 is 1.58 bits per heavy atom. The highest BCUT2D eigenvalue weighted by Gasteiger charge is 2.50. The fourth-order valence-corrected chi connectivity index (χ4v) is 1.33. The average molecular weight is 173 g/mol. The van der Waals surface area contributed by atoms with Crippen molar-refractivity contribution in [2.24, 2.45) is 0 Å². The van der Waals surface area contributed by atoms with Crippen LogP contribution in [0.4, 0.5) is 0 Å². The third kappa shape index (κ3) is 1.17. The molecule has 0 aromatic carbocycles. The largest absolute Gasteiger partial charge is 0.393 e. The van der Waals surface area contributed by atoms with Crippen LogP contribution in [0.1, 0.15) is 0 Å². The van der Waals surface area contributed by atoms with Crippen molar-refractivity contribution in [2.75, 3.05) is 6.61 Å². The smallest absolute Gasteiger partial charge is 0.153 e. The molecular weight excluding hydrogens is 161 g/mol. The number of hydrogen-bond donors (Lipinski definition) is 4. The molecule has 5 nitrogen and oxygen atoms in total. The lowest BCUT2D eigenvalue weighted by molar-refractivity contribution is -0.0482. The van der Waals surface area contributed by atoms with Crippen molar-refractivity contribution in [3.8, 4) is 0 Å². The third-order valence-electron chi connectivity index (χ3n) is 2.20. The maximum atomic E-state index is 9.39. The monoisotopic (exact) mass is 173 g/mol. The molecule has 4 N–H and O–H groups in total. The van der Waals surface area contributed by atoms with E-state index in [9.17, 15) is 10.2 Å². The van der Waals surface area contributed by atoms with Gasteiger partial charge in [-0.05, 0) is 0 Å². The van der Waals surface area contributed by atoms with E-state index in [-0.39, 0.29) is 0 Å². The van der Waals surface area contributed by atoms with Gasteiger partial charge in [-0.15, -0.1) is 0 Å². The van der Waals surface area contributed by atoms with Gasteiger partial charge in [0, 0.05) is 6.21 Å². The fourth-order valence-electron chi connectivity index (χ4n) is 1.33. The van der Waals surface area contributed by atoms with E-state index in [1.54, 1.807) is 7.85 Å². The van der Waals surface area contributed by atoms with Gasteiger partial charge in [-0.2, -0.15) is 0 Å². The summed E-state index contributed by atoms with van der Waals surface area (Å²) in [5.41, 5.74) is -1.42. The van der Waals surface area contributed by atoms with E-state index in [1.165, 1.54) is 0 Å². The van der Waals surface area contributed by atoms with Gasteiger partial charge in [0.05, 0.1) is 12.6 Å². The van der Waals surface area contributed by atoms with Gasteiger partial charge in [-0.25, -0.2) is 0 Å². The Kier molecular flexibility index (Phi) is 2.53. The van der Waals surface area contributed by atoms with E-state index in [4.69, 9.17) is 15.3 Å². The zero-order chi connectivity index (χ0) is 9.35. The number of nitrogens with one attached hydrogen (secondary N) is 1. The molecule has 0 amide bonds. The number of aliphatic hydroxyl groups excluding tert-OH is 3. The summed E-state index contributed by atoms with van der Waals surface area (Å²) in [6, 6.07) is -0.561. The van der Waals surface area contributed by atoms with Crippen LogP contribution in [0.3, 0.4) is 0 Å². The van der Waals surface area contributed by atoms with Crippen LogP contribution < -0.4 is 0 Å². The fraction of sp³-hybridized carbons (Fsp3) is 0.833. The molecule has 1 heterocycles. The minimum Gasteiger partial charge on any atom is -0.393 e. The molecule has 4 atom stereocenters. The minimum absolute atomic E-state index is 0.501. The molecule has 0 aliphatic carbocycles. The maximum absolute atomic E-state index is 9.39. The van der Waals surface area contributed by atoms with Crippen molar-refractivity contribution in [1.29, 1.82) is 5.41 Å². The molecule has 12 heavy (non-hydrogen) atoms. The van der Waals surface area contributed by atoms with Gasteiger partial charge in [0.1, 0.15) is 20.1 Å². The van der Waals surface area contributed by atoms with Crippen molar-refractivity contribution >= 4 is 14.1 Å². The predicted molar refractivity (Wildman–Crippen MR) is 44.0 cm³/mol. The highest BCUT2D eigenvalue weighted by Crippen LogP contribution is 2.27. The molecule has 0 aromatic rings. The Morgan fingerprint density at radius 3 is 2.33 bits per heavy atom. The van der Waals surface area contributed by atoms with Crippen LogP contribution in [-0.4, -0.2) is 59.8 Å². The van der Waals surface area contributed by atoms with E-state index in [1.807, 2.05) is 0 Å². The Balaban J connectivity index is 2.86. The van der Waals surface area contributed by atoms with Crippen molar-refractivity contribution in [2.45, 2.75) is 23.8 Å². The van der Waals surface area contributed by atoms with E-state index < -0.39 is 30.4 Å². The van der Waals surface area contributed by atoms with Gasteiger partial charge in [0.25, 0.3) is 0 Å². The molecule has 0 radical (unpaired) electrons. The Morgan fingerprint density at radius 2 is 2.17 bits per heavy atom. The minimum atomic E-state index is -1.42. The van der Waals surface area contributed by atoms with Crippen molar-refractivity contribution in [3.05, 3.63) is 0 Å². The van der Waals surface area contributed by atoms with Crippen molar-refractivity contribution in [3.63, 3.8) is 0 Å². The first-order valence-corrected chi connectivity index (χ1v) is 3.74. The average Bonchev–Trinajstić information content (AvgIpc) is 2.30. The van der Waals surface area contributed by atoms with Gasteiger partial charge in [0.15, 0.2) is 5.60 Å². The molecular formula is C6H12BNO4. The first-order chi connectivity index (χ1) is 5.57. The van der Waals surface area contributed by atoms with Crippen LogP contribution in [0.2, 0.25) is 0 Å². The topological polar surface area (TPSA) is 93.8 Å². The van der Waals surface area contributed by atoms with Crippen LogP contribution in [0.25, 0.3) is 0 Å². The standard InChI is InChI=1S/C6H12BNO4/c7-5-3(10)4(11)6(1-8,2-9)12-5/h1,3-5,8-11H,2,7H2/t3-,4+,5-,6-/m1/s1. The van der Waals surface area contributed by atoms with E-state index in [0.29, 0.717) is 0 Å². The second-order valence-corrected chi connectivity index (χ2v) is 3.02. The number of aliphatic hydroxyl groups is 3. The first-order valence-electron chi connectivity index (χ1n) is 3.74. The number of hydrogen-bond acceptors (Lipinski definition) is 5. The van der Waals surface area contributed by atoms with Crippen molar-refractivity contribution < 1.29 is 20.1 Å². The van der Waals surface area contributed by atoms with Crippen LogP contribution in [0, 0.1) is 5.41 Å². The van der Waals surface area contributed by atoms with E-state index in [0.717, 1.165) is 6.21 Å². The van der Waals surface area contributed by atoms with Gasteiger partial charge in [0.2, 0.25) is 0 Å². The lowest BCUT2D eigenvalue weighted by atomic mass is 9.90. The zero-order valence-corrected chi connectivity index (χ0v) is 6.77.